The average molecular weight is 496 g/mol. The van der Waals surface area contributed by atoms with E-state index in [0.29, 0.717) is 28.7 Å². The lowest BCUT2D eigenvalue weighted by atomic mass is 10.1. The van der Waals surface area contributed by atoms with Crippen molar-refractivity contribution >= 4 is 40.9 Å². The molecule has 0 aliphatic rings. The highest BCUT2D eigenvalue weighted by molar-refractivity contribution is 6.31. The molecule has 0 atom stereocenters. The SMILES string of the molecule is COc1cc(C=CC(=O)Nc2ccc(Cl)c(C(F)(F)F)c2)ccc1OCc1ccc(Cl)cc1. The minimum atomic E-state index is -4.62. The van der Waals surface area contributed by atoms with Crippen molar-refractivity contribution in [2.24, 2.45) is 0 Å². The van der Waals surface area contributed by atoms with Crippen LogP contribution in [0.2, 0.25) is 10.0 Å². The molecule has 0 saturated carbocycles. The maximum absolute atomic E-state index is 13.0. The summed E-state index contributed by atoms with van der Waals surface area (Å²) >= 11 is 11.5. The summed E-state index contributed by atoms with van der Waals surface area (Å²) in [6.45, 7) is 0.312. The van der Waals surface area contributed by atoms with Crippen LogP contribution in [0.15, 0.2) is 66.7 Å². The first-order valence-corrected chi connectivity index (χ1v) is 10.3. The van der Waals surface area contributed by atoms with Crippen molar-refractivity contribution in [3.63, 3.8) is 0 Å². The number of amides is 1. The van der Waals surface area contributed by atoms with Crippen molar-refractivity contribution in [3.8, 4) is 11.5 Å². The summed E-state index contributed by atoms with van der Waals surface area (Å²) in [5, 5.41) is 2.57. The Kier molecular flexibility index (Phi) is 7.89. The summed E-state index contributed by atoms with van der Waals surface area (Å²) in [5.74, 6) is 0.362. The molecule has 33 heavy (non-hydrogen) atoms. The lowest BCUT2D eigenvalue weighted by Crippen LogP contribution is -2.11. The van der Waals surface area contributed by atoms with Crippen molar-refractivity contribution in [1.82, 2.24) is 0 Å². The second kappa shape index (κ2) is 10.6. The molecule has 0 aliphatic carbocycles. The molecule has 0 heterocycles. The predicted molar refractivity (Wildman–Crippen MR) is 123 cm³/mol. The highest BCUT2D eigenvalue weighted by Gasteiger charge is 2.33. The van der Waals surface area contributed by atoms with E-state index in [1.165, 1.54) is 25.3 Å². The second-order valence-corrected chi connectivity index (χ2v) is 7.68. The number of ether oxygens (including phenoxy) is 2. The smallest absolute Gasteiger partial charge is 0.417 e. The van der Waals surface area contributed by atoms with Gasteiger partial charge < -0.3 is 14.8 Å². The van der Waals surface area contributed by atoms with Crippen LogP contribution in [0.5, 0.6) is 11.5 Å². The van der Waals surface area contributed by atoms with Crippen LogP contribution in [0.25, 0.3) is 6.08 Å². The number of halogens is 5. The zero-order valence-corrected chi connectivity index (χ0v) is 18.8. The van der Waals surface area contributed by atoms with Crippen molar-refractivity contribution in [2.75, 3.05) is 12.4 Å². The van der Waals surface area contributed by atoms with Gasteiger partial charge in [-0.05, 0) is 59.7 Å². The molecule has 0 fully saturated rings. The van der Waals surface area contributed by atoms with Crippen LogP contribution in [0.3, 0.4) is 0 Å². The van der Waals surface area contributed by atoms with Gasteiger partial charge in [0.2, 0.25) is 5.91 Å². The molecule has 0 aromatic heterocycles. The minimum absolute atomic E-state index is 0.0232. The van der Waals surface area contributed by atoms with Gasteiger partial charge in [-0.2, -0.15) is 13.2 Å². The summed E-state index contributed by atoms with van der Waals surface area (Å²) in [6, 6.07) is 15.5. The number of nitrogens with one attached hydrogen (secondary N) is 1. The molecule has 1 amide bonds. The van der Waals surface area contributed by atoms with Gasteiger partial charge in [-0.25, -0.2) is 0 Å². The Labute approximate surface area is 198 Å². The van der Waals surface area contributed by atoms with E-state index in [1.54, 1.807) is 30.3 Å². The van der Waals surface area contributed by atoms with E-state index in [-0.39, 0.29) is 5.69 Å². The van der Waals surface area contributed by atoms with Crippen LogP contribution >= 0.6 is 23.2 Å². The molecule has 0 spiro atoms. The number of hydrogen-bond donors (Lipinski definition) is 1. The first-order chi connectivity index (χ1) is 15.7. The maximum Gasteiger partial charge on any atom is 0.417 e. The minimum Gasteiger partial charge on any atom is -0.493 e. The molecule has 0 bridgehead atoms. The molecule has 0 aliphatic heterocycles. The molecule has 0 unspecified atom stereocenters. The van der Waals surface area contributed by atoms with Crippen LogP contribution in [0.1, 0.15) is 16.7 Å². The van der Waals surface area contributed by atoms with Crippen LogP contribution in [-0.4, -0.2) is 13.0 Å². The van der Waals surface area contributed by atoms with E-state index >= 15 is 0 Å². The molecule has 4 nitrogen and oxygen atoms in total. The number of anilines is 1. The molecule has 3 aromatic rings. The Morgan fingerprint density at radius 3 is 2.39 bits per heavy atom. The van der Waals surface area contributed by atoms with Crippen LogP contribution in [0, 0.1) is 0 Å². The number of hydrogen-bond acceptors (Lipinski definition) is 3. The zero-order valence-electron chi connectivity index (χ0n) is 17.2. The summed E-state index contributed by atoms with van der Waals surface area (Å²) < 4.78 is 50.0. The standard InChI is InChI=1S/C24H18Cl2F3NO3/c1-32-22-12-15(4-10-21(22)33-14-16-2-6-17(25)7-3-16)5-11-23(31)30-18-8-9-20(26)19(13-18)24(27,28)29/h2-13H,14H2,1H3,(H,30,31). The van der Waals surface area contributed by atoms with E-state index in [4.69, 9.17) is 32.7 Å². The second-order valence-electron chi connectivity index (χ2n) is 6.84. The molecule has 3 aromatic carbocycles. The number of methoxy groups -OCH3 is 1. The van der Waals surface area contributed by atoms with E-state index in [0.717, 1.165) is 17.7 Å². The van der Waals surface area contributed by atoms with Crippen LogP contribution in [0.4, 0.5) is 18.9 Å². The molecular formula is C24H18Cl2F3NO3. The van der Waals surface area contributed by atoms with Gasteiger partial charge >= 0.3 is 6.18 Å². The van der Waals surface area contributed by atoms with Gasteiger partial charge in [-0.1, -0.05) is 41.4 Å². The van der Waals surface area contributed by atoms with E-state index in [9.17, 15) is 18.0 Å². The van der Waals surface area contributed by atoms with E-state index in [1.807, 2.05) is 12.1 Å². The average Bonchev–Trinajstić information content (AvgIpc) is 2.78. The lowest BCUT2D eigenvalue weighted by molar-refractivity contribution is -0.137. The van der Waals surface area contributed by atoms with E-state index in [2.05, 4.69) is 5.32 Å². The van der Waals surface area contributed by atoms with Crippen molar-refractivity contribution in [2.45, 2.75) is 12.8 Å². The molecular weight excluding hydrogens is 478 g/mol. The topological polar surface area (TPSA) is 47.6 Å². The van der Waals surface area contributed by atoms with Crippen LogP contribution in [-0.2, 0) is 17.6 Å². The summed E-state index contributed by atoms with van der Waals surface area (Å²) in [4.78, 5) is 12.2. The molecule has 3 rings (SSSR count). The fourth-order valence-electron chi connectivity index (χ4n) is 2.82. The number of benzene rings is 3. The van der Waals surface area contributed by atoms with Crippen molar-refractivity contribution < 1.29 is 27.4 Å². The number of rotatable bonds is 7. The van der Waals surface area contributed by atoms with Crippen molar-refractivity contribution in [1.29, 1.82) is 0 Å². The number of carbonyl (C=O) groups excluding carboxylic acids is 1. The van der Waals surface area contributed by atoms with Gasteiger partial charge in [-0.15, -0.1) is 0 Å². The first-order valence-electron chi connectivity index (χ1n) is 9.57. The van der Waals surface area contributed by atoms with Gasteiger partial charge in [-0.3, -0.25) is 4.79 Å². The fourth-order valence-corrected chi connectivity index (χ4v) is 3.18. The van der Waals surface area contributed by atoms with Gasteiger partial charge in [0.25, 0.3) is 0 Å². The summed E-state index contributed by atoms with van der Waals surface area (Å²) in [7, 11) is 1.49. The number of carbonyl (C=O) groups is 1. The predicted octanol–water partition coefficient (Wildman–Crippen LogP) is 7.25. The normalized spacial score (nSPS) is 11.5. The molecule has 9 heteroatoms. The third-order valence-electron chi connectivity index (χ3n) is 4.46. The monoisotopic (exact) mass is 495 g/mol. The summed E-state index contributed by atoms with van der Waals surface area (Å²) in [6.07, 6.45) is -1.92. The Balaban J connectivity index is 1.66. The Morgan fingerprint density at radius 2 is 1.73 bits per heavy atom. The quantitative estimate of drug-likeness (QED) is 0.351. The highest BCUT2D eigenvalue weighted by atomic mass is 35.5. The number of alkyl halides is 3. The lowest BCUT2D eigenvalue weighted by Gasteiger charge is -2.12. The molecule has 0 radical (unpaired) electrons. The maximum atomic E-state index is 13.0. The zero-order chi connectivity index (χ0) is 24.0. The van der Waals surface area contributed by atoms with Gasteiger partial charge in [0.1, 0.15) is 6.61 Å². The van der Waals surface area contributed by atoms with Crippen LogP contribution < -0.4 is 14.8 Å². The Hall–Kier alpha value is -3.16. The molecule has 0 saturated heterocycles. The molecule has 1 N–H and O–H groups in total. The fraction of sp³-hybridized carbons (Fsp3) is 0.125. The third kappa shape index (κ3) is 6.91. The largest absolute Gasteiger partial charge is 0.493 e. The first kappa shape index (κ1) is 24.5. The van der Waals surface area contributed by atoms with Gasteiger partial charge in [0, 0.05) is 16.8 Å². The van der Waals surface area contributed by atoms with Gasteiger partial charge in [0.05, 0.1) is 17.7 Å². The van der Waals surface area contributed by atoms with Gasteiger partial charge in [0.15, 0.2) is 11.5 Å². The Bertz CT molecular complexity index is 1160. The summed E-state index contributed by atoms with van der Waals surface area (Å²) in [5.41, 5.74) is 0.515. The van der Waals surface area contributed by atoms with Crippen molar-refractivity contribution in [3.05, 3.63) is 93.5 Å². The highest BCUT2D eigenvalue weighted by Crippen LogP contribution is 2.36. The molecule has 172 valence electrons. The van der Waals surface area contributed by atoms with E-state index < -0.39 is 22.7 Å². The Morgan fingerprint density at radius 1 is 1.00 bits per heavy atom. The third-order valence-corrected chi connectivity index (χ3v) is 5.04.